The van der Waals surface area contributed by atoms with Gasteiger partial charge in [-0.25, -0.2) is 0 Å². The maximum Gasteiger partial charge on any atom is 0.288 e. The van der Waals surface area contributed by atoms with E-state index in [-0.39, 0.29) is 21.4 Å². The molecule has 0 aromatic heterocycles. The first kappa shape index (κ1) is 18.7. The molecule has 0 heterocycles. The molecule has 0 atom stereocenters. The smallest absolute Gasteiger partial charge is 0.288 e. The quantitative estimate of drug-likeness (QED) is 0.468. The highest BCUT2D eigenvalue weighted by Gasteiger charge is 2.19. The van der Waals surface area contributed by atoms with Gasteiger partial charge in [-0.3, -0.25) is 10.1 Å². The molecule has 0 bridgehead atoms. The van der Waals surface area contributed by atoms with Gasteiger partial charge in [0.2, 0.25) is 0 Å². The molecule has 0 aliphatic heterocycles. The van der Waals surface area contributed by atoms with Crippen molar-refractivity contribution in [1.29, 1.82) is 0 Å². The molecule has 1 N–H and O–H groups in total. The topological polar surface area (TPSA) is 111 Å². The normalized spacial score (nSPS) is 11.5. The number of nitro benzene ring substituents is 1. The Balaban J connectivity index is 2.26. The summed E-state index contributed by atoms with van der Waals surface area (Å²) in [5, 5.41) is 14.5. The van der Waals surface area contributed by atoms with Crippen LogP contribution in [0.15, 0.2) is 46.4 Å². The molecule has 0 aliphatic carbocycles. The molecule has 0 aliphatic rings. The van der Waals surface area contributed by atoms with E-state index in [1.165, 1.54) is 37.4 Å². The molecule has 132 valence electrons. The largest absolute Gasteiger partial charge is 0.495 e. The van der Waals surface area contributed by atoms with Crippen LogP contribution in [0.25, 0.3) is 0 Å². The number of rotatable bonds is 6. The number of aryl methyl sites for hydroxylation is 1. The standard InChI is InChI=1S/C15H14ClN3O5S/c1-10-3-6-14(24-2)15(7-10)25(22,23)18-17-9-11-4-5-12(16)13(8-11)19(20)21/h3-9,18H,1-2H3/b17-9+. The number of hydrogen-bond donors (Lipinski definition) is 1. The highest BCUT2D eigenvalue weighted by molar-refractivity contribution is 7.89. The van der Waals surface area contributed by atoms with Crippen molar-refractivity contribution in [3.05, 3.63) is 62.7 Å². The molecule has 25 heavy (non-hydrogen) atoms. The number of methoxy groups -OCH3 is 1. The molecule has 2 rings (SSSR count). The minimum absolute atomic E-state index is 0.0211. The number of ether oxygens (including phenoxy) is 1. The molecular formula is C15H14ClN3O5S. The lowest BCUT2D eigenvalue weighted by Crippen LogP contribution is -2.19. The van der Waals surface area contributed by atoms with Crippen molar-refractivity contribution in [3.63, 3.8) is 0 Å². The summed E-state index contributed by atoms with van der Waals surface area (Å²) in [6.45, 7) is 1.74. The predicted octanol–water partition coefficient (Wildman–Crippen LogP) is 2.88. The van der Waals surface area contributed by atoms with E-state index in [1.54, 1.807) is 13.0 Å². The van der Waals surface area contributed by atoms with Gasteiger partial charge in [0, 0.05) is 11.6 Å². The minimum Gasteiger partial charge on any atom is -0.495 e. The van der Waals surface area contributed by atoms with Crippen LogP contribution >= 0.6 is 11.6 Å². The summed E-state index contributed by atoms with van der Waals surface area (Å²) in [6.07, 6.45) is 1.14. The van der Waals surface area contributed by atoms with E-state index in [9.17, 15) is 18.5 Å². The number of halogens is 1. The SMILES string of the molecule is COc1ccc(C)cc1S(=O)(=O)N/N=C/c1ccc(Cl)c([N+](=O)[O-])c1. The number of nitro groups is 1. The van der Waals surface area contributed by atoms with Gasteiger partial charge in [0.05, 0.1) is 18.2 Å². The Labute approximate surface area is 149 Å². The molecule has 0 spiro atoms. The summed E-state index contributed by atoms with van der Waals surface area (Å²) >= 11 is 5.71. The third-order valence-corrected chi connectivity index (χ3v) is 4.73. The second-order valence-corrected chi connectivity index (χ2v) is 7.01. The zero-order valence-electron chi connectivity index (χ0n) is 13.3. The monoisotopic (exact) mass is 383 g/mol. The minimum atomic E-state index is -3.96. The zero-order valence-corrected chi connectivity index (χ0v) is 14.8. The Morgan fingerprint density at radius 2 is 2.00 bits per heavy atom. The lowest BCUT2D eigenvalue weighted by molar-refractivity contribution is -0.384. The van der Waals surface area contributed by atoms with Crippen LogP contribution < -0.4 is 9.57 Å². The summed E-state index contributed by atoms with van der Waals surface area (Å²) in [6, 6.07) is 8.70. The Bertz CT molecular complexity index is 944. The molecule has 2 aromatic carbocycles. The van der Waals surface area contributed by atoms with Crippen molar-refractivity contribution < 1.29 is 18.1 Å². The molecule has 8 nitrogen and oxygen atoms in total. The number of hydrogen-bond acceptors (Lipinski definition) is 6. The van der Waals surface area contributed by atoms with Crippen LogP contribution in [-0.4, -0.2) is 26.7 Å². The third kappa shape index (κ3) is 4.46. The third-order valence-electron chi connectivity index (χ3n) is 3.16. The molecule has 10 heteroatoms. The highest BCUT2D eigenvalue weighted by Crippen LogP contribution is 2.25. The Kier molecular flexibility index (Phi) is 5.60. The first-order valence-electron chi connectivity index (χ1n) is 6.88. The summed E-state index contributed by atoms with van der Waals surface area (Å²) < 4.78 is 29.7. The summed E-state index contributed by atoms with van der Waals surface area (Å²) in [5.41, 5.74) is 0.752. The van der Waals surface area contributed by atoms with Gasteiger partial charge in [0.1, 0.15) is 15.7 Å². The number of nitrogens with one attached hydrogen (secondary N) is 1. The highest BCUT2D eigenvalue weighted by atomic mass is 35.5. The van der Waals surface area contributed by atoms with Gasteiger partial charge in [-0.1, -0.05) is 23.7 Å². The lowest BCUT2D eigenvalue weighted by Gasteiger charge is -2.09. The lowest BCUT2D eigenvalue weighted by atomic mass is 10.2. The van der Waals surface area contributed by atoms with Crippen molar-refractivity contribution in [3.8, 4) is 5.75 Å². The van der Waals surface area contributed by atoms with E-state index >= 15 is 0 Å². The van der Waals surface area contributed by atoms with Gasteiger partial charge in [0.15, 0.2) is 0 Å². The molecule has 0 radical (unpaired) electrons. The first-order chi connectivity index (χ1) is 11.7. The van der Waals surface area contributed by atoms with E-state index in [1.807, 2.05) is 4.83 Å². The average Bonchev–Trinajstić information content (AvgIpc) is 2.56. The van der Waals surface area contributed by atoms with Crippen molar-refractivity contribution in [2.75, 3.05) is 7.11 Å². The summed E-state index contributed by atoms with van der Waals surface area (Å²) in [4.78, 5) is 12.2. The van der Waals surface area contributed by atoms with Crippen molar-refractivity contribution in [2.24, 2.45) is 5.10 Å². The number of benzene rings is 2. The van der Waals surface area contributed by atoms with E-state index < -0.39 is 14.9 Å². The Morgan fingerprint density at radius 1 is 1.28 bits per heavy atom. The van der Waals surface area contributed by atoms with Crippen LogP contribution in [0.2, 0.25) is 5.02 Å². The van der Waals surface area contributed by atoms with Crippen LogP contribution in [-0.2, 0) is 10.0 Å². The molecule has 0 saturated heterocycles. The van der Waals surface area contributed by atoms with Gasteiger partial charge < -0.3 is 4.74 Å². The summed E-state index contributed by atoms with van der Waals surface area (Å²) in [5.74, 6) is 0.176. The van der Waals surface area contributed by atoms with Gasteiger partial charge >= 0.3 is 0 Å². The fourth-order valence-corrected chi connectivity index (χ4v) is 3.20. The molecular weight excluding hydrogens is 370 g/mol. The van der Waals surface area contributed by atoms with E-state index in [0.29, 0.717) is 5.56 Å². The number of nitrogens with zero attached hydrogens (tertiary/aromatic N) is 2. The van der Waals surface area contributed by atoms with Gasteiger partial charge in [-0.05, 0) is 30.7 Å². The summed E-state index contributed by atoms with van der Waals surface area (Å²) in [7, 11) is -2.60. The molecule has 0 saturated carbocycles. The molecule has 0 amide bonds. The molecule has 0 unspecified atom stereocenters. The van der Waals surface area contributed by atoms with Crippen molar-refractivity contribution >= 4 is 33.5 Å². The molecule has 0 fully saturated rings. The fraction of sp³-hybridized carbons (Fsp3) is 0.133. The van der Waals surface area contributed by atoms with Crippen LogP contribution in [0.4, 0.5) is 5.69 Å². The maximum absolute atomic E-state index is 12.3. The van der Waals surface area contributed by atoms with Gasteiger partial charge in [0.25, 0.3) is 15.7 Å². The average molecular weight is 384 g/mol. The van der Waals surface area contributed by atoms with E-state index in [0.717, 1.165) is 11.8 Å². The van der Waals surface area contributed by atoms with Crippen LogP contribution in [0.5, 0.6) is 5.75 Å². The van der Waals surface area contributed by atoms with Crippen LogP contribution in [0, 0.1) is 17.0 Å². The second kappa shape index (κ2) is 7.49. The zero-order chi connectivity index (χ0) is 18.6. The predicted molar refractivity (Wildman–Crippen MR) is 93.8 cm³/mol. The molecule has 2 aromatic rings. The maximum atomic E-state index is 12.3. The van der Waals surface area contributed by atoms with Gasteiger partial charge in [-0.2, -0.15) is 18.4 Å². The number of sulfonamides is 1. The van der Waals surface area contributed by atoms with Crippen molar-refractivity contribution in [2.45, 2.75) is 11.8 Å². The van der Waals surface area contributed by atoms with Crippen LogP contribution in [0.3, 0.4) is 0 Å². The van der Waals surface area contributed by atoms with Crippen LogP contribution in [0.1, 0.15) is 11.1 Å². The first-order valence-corrected chi connectivity index (χ1v) is 8.74. The van der Waals surface area contributed by atoms with E-state index in [2.05, 4.69) is 5.10 Å². The fourth-order valence-electron chi connectivity index (χ4n) is 1.96. The second-order valence-electron chi connectivity index (χ2n) is 4.98. The van der Waals surface area contributed by atoms with E-state index in [4.69, 9.17) is 16.3 Å². The van der Waals surface area contributed by atoms with Gasteiger partial charge in [-0.15, -0.1) is 0 Å². The number of hydrazone groups is 1. The van der Waals surface area contributed by atoms with Crippen molar-refractivity contribution in [1.82, 2.24) is 4.83 Å². The Hall–Kier alpha value is -2.65. The Morgan fingerprint density at radius 3 is 2.64 bits per heavy atom.